The van der Waals surface area contributed by atoms with Crippen LogP contribution in [-0.4, -0.2) is 14.6 Å². The maximum Gasteiger partial charge on any atom is 0.157 e. The summed E-state index contributed by atoms with van der Waals surface area (Å²) in [6.45, 7) is 4.13. The van der Waals surface area contributed by atoms with Gasteiger partial charge in [0.2, 0.25) is 0 Å². The van der Waals surface area contributed by atoms with E-state index < -0.39 is 0 Å². The molecule has 2 heterocycles. The molecule has 0 fully saturated rings. The summed E-state index contributed by atoms with van der Waals surface area (Å²) in [6, 6.07) is 12.1. The Hall–Kier alpha value is -1.87. The van der Waals surface area contributed by atoms with Crippen LogP contribution in [0.3, 0.4) is 0 Å². The van der Waals surface area contributed by atoms with Crippen LogP contribution in [-0.2, 0) is 6.42 Å². The zero-order chi connectivity index (χ0) is 13.4. The molecule has 0 bridgehead atoms. The third-order valence-electron chi connectivity index (χ3n) is 3.11. The summed E-state index contributed by atoms with van der Waals surface area (Å²) in [5.74, 6) is 0. The van der Waals surface area contributed by atoms with Gasteiger partial charge in [-0.25, -0.2) is 9.50 Å². The molecule has 3 nitrogen and oxygen atoms in total. The van der Waals surface area contributed by atoms with Gasteiger partial charge in [-0.05, 0) is 25.5 Å². The van der Waals surface area contributed by atoms with Crippen molar-refractivity contribution in [3.63, 3.8) is 0 Å². The average molecular weight is 272 g/mol. The second-order valence-electron chi connectivity index (χ2n) is 4.59. The Bertz CT molecular complexity index is 746. The van der Waals surface area contributed by atoms with E-state index in [2.05, 4.69) is 36.1 Å². The van der Waals surface area contributed by atoms with E-state index >= 15 is 0 Å². The van der Waals surface area contributed by atoms with E-state index in [1.807, 2.05) is 24.3 Å². The predicted molar refractivity (Wildman–Crippen MR) is 77.5 cm³/mol. The number of rotatable bonds is 2. The molecule has 0 aliphatic rings. The summed E-state index contributed by atoms with van der Waals surface area (Å²) in [7, 11) is 0. The second kappa shape index (κ2) is 4.67. The summed E-state index contributed by atoms with van der Waals surface area (Å²) in [6.07, 6.45) is 0.862. The van der Waals surface area contributed by atoms with Gasteiger partial charge in [0.05, 0.1) is 5.69 Å². The number of benzene rings is 1. The maximum absolute atomic E-state index is 6.23. The van der Waals surface area contributed by atoms with Gasteiger partial charge in [-0.1, -0.05) is 42.3 Å². The van der Waals surface area contributed by atoms with E-state index in [0.29, 0.717) is 5.15 Å². The van der Waals surface area contributed by atoms with Crippen molar-refractivity contribution in [2.24, 2.45) is 0 Å². The molecule has 0 radical (unpaired) electrons. The van der Waals surface area contributed by atoms with Gasteiger partial charge < -0.3 is 0 Å². The minimum Gasteiger partial charge on any atom is -0.233 e. The van der Waals surface area contributed by atoms with Crippen molar-refractivity contribution in [3.8, 4) is 11.3 Å². The van der Waals surface area contributed by atoms with Crippen LogP contribution in [0.5, 0.6) is 0 Å². The molecule has 0 unspecified atom stereocenters. The first kappa shape index (κ1) is 12.2. The van der Waals surface area contributed by atoms with Gasteiger partial charge in [-0.15, -0.1) is 0 Å². The highest BCUT2D eigenvalue weighted by Gasteiger charge is 2.09. The number of hydrogen-bond donors (Lipinski definition) is 0. The Balaban J connectivity index is 2.19. The molecule has 2 aromatic heterocycles. The lowest BCUT2D eigenvalue weighted by molar-refractivity contribution is 0.915. The van der Waals surface area contributed by atoms with E-state index in [0.717, 1.165) is 29.0 Å². The molecule has 0 saturated carbocycles. The highest BCUT2D eigenvalue weighted by Crippen LogP contribution is 2.22. The lowest BCUT2D eigenvalue weighted by Crippen LogP contribution is -1.96. The van der Waals surface area contributed by atoms with Crippen LogP contribution in [0.2, 0.25) is 5.15 Å². The van der Waals surface area contributed by atoms with E-state index in [9.17, 15) is 0 Å². The molecule has 3 aromatic rings. The SMILES string of the molecule is CCc1cc(Cl)n2nc(-c3cccc(C)c3)cc2n1. The van der Waals surface area contributed by atoms with Crippen molar-refractivity contribution in [1.29, 1.82) is 0 Å². The van der Waals surface area contributed by atoms with Crippen molar-refractivity contribution in [2.75, 3.05) is 0 Å². The Morgan fingerprint density at radius 2 is 2.05 bits per heavy atom. The molecule has 1 aromatic carbocycles. The van der Waals surface area contributed by atoms with Gasteiger partial charge in [0.15, 0.2) is 5.65 Å². The van der Waals surface area contributed by atoms with Crippen LogP contribution in [0.15, 0.2) is 36.4 Å². The zero-order valence-electron chi connectivity index (χ0n) is 10.9. The summed E-state index contributed by atoms with van der Waals surface area (Å²) in [5, 5.41) is 5.12. The van der Waals surface area contributed by atoms with Gasteiger partial charge in [-0.3, -0.25) is 0 Å². The van der Waals surface area contributed by atoms with E-state index in [1.165, 1.54) is 5.56 Å². The smallest absolute Gasteiger partial charge is 0.157 e. The number of halogens is 1. The molecular weight excluding hydrogens is 258 g/mol. The van der Waals surface area contributed by atoms with E-state index in [4.69, 9.17) is 11.6 Å². The van der Waals surface area contributed by atoms with Gasteiger partial charge in [0.25, 0.3) is 0 Å². The van der Waals surface area contributed by atoms with Gasteiger partial charge >= 0.3 is 0 Å². The fourth-order valence-electron chi connectivity index (χ4n) is 2.11. The fraction of sp³-hybridized carbons (Fsp3) is 0.200. The number of hydrogen-bond acceptors (Lipinski definition) is 2. The Labute approximate surface area is 116 Å². The minimum absolute atomic E-state index is 0.598. The first-order chi connectivity index (χ1) is 9.17. The van der Waals surface area contributed by atoms with Crippen LogP contribution in [0.25, 0.3) is 16.9 Å². The standard InChI is InChI=1S/C15H14ClN3/c1-3-12-8-14(16)19-15(17-12)9-13(18-19)11-6-4-5-10(2)7-11/h4-9H,3H2,1-2H3. The van der Waals surface area contributed by atoms with Gasteiger partial charge in [0, 0.05) is 17.3 Å². The molecule has 0 aliphatic heterocycles. The first-order valence-electron chi connectivity index (χ1n) is 6.29. The quantitative estimate of drug-likeness (QED) is 0.661. The number of aromatic nitrogens is 3. The molecule has 0 aliphatic carbocycles. The van der Waals surface area contributed by atoms with Crippen molar-refractivity contribution in [1.82, 2.24) is 14.6 Å². The highest BCUT2D eigenvalue weighted by atomic mass is 35.5. The fourth-order valence-corrected chi connectivity index (χ4v) is 2.36. The molecular formula is C15H14ClN3. The van der Waals surface area contributed by atoms with Crippen molar-refractivity contribution in [3.05, 3.63) is 52.8 Å². The summed E-state index contributed by atoms with van der Waals surface area (Å²) in [5.41, 5.74) is 4.96. The highest BCUT2D eigenvalue weighted by molar-refractivity contribution is 6.29. The third kappa shape index (κ3) is 2.22. The Morgan fingerprint density at radius 1 is 1.21 bits per heavy atom. The van der Waals surface area contributed by atoms with Crippen molar-refractivity contribution < 1.29 is 0 Å². The zero-order valence-corrected chi connectivity index (χ0v) is 11.6. The molecule has 19 heavy (non-hydrogen) atoms. The van der Waals surface area contributed by atoms with Crippen molar-refractivity contribution in [2.45, 2.75) is 20.3 Å². The normalized spacial score (nSPS) is 11.1. The van der Waals surface area contributed by atoms with Crippen LogP contribution >= 0.6 is 11.6 Å². The first-order valence-corrected chi connectivity index (χ1v) is 6.67. The monoisotopic (exact) mass is 271 g/mol. The van der Waals surface area contributed by atoms with Crippen LogP contribution in [0.1, 0.15) is 18.2 Å². The molecule has 0 saturated heterocycles. The summed E-state index contributed by atoms with van der Waals surface area (Å²) >= 11 is 6.23. The summed E-state index contributed by atoms with van der Waals surface area (Å²) < 4.78 is 1.68. The van der Waals surface area contributed by atoms with E-state index in [-0.39, 0.29) is 0 Å². The molecule has 0 amide bonds. The Kier molecular flexibility index (Phi) is 2.99. The Morgan fingerprint density at radius 3 is 2.79 bits per heavy atom. The number of fused-ring (bicyclic) bond motifs is 1. The topological polar surface area (TPSA) is 30.2 Å². The molecule has 96 valence electrons. The largest absolute Gasteiger partial charge is 0.233 e. The predicted octanol–water partition coefficient (Wildman–Crippen LogP) is 3.92. The molecule has 0 atom stereocenters. The van der Waals surface area contributed by atoms with Gasteiger partial charge in [-0.2, -0.15) is 5.10 Å². The molecule has 0 N–H and O–H groups in total. The second-order valence-corrected chi connectivity index (χ2v) is 4.98. The van der Waals surface area contributed by atoms with Crippen molar-refractivity contribution >= 4 is 17.2 Å². The molecule has 0 spiro atoms. The van der Waals surface area contributed by atoms with Crippen LogP contribution in [0, 0.1) is 6.92 Å². The average Bonchev–Trinajstić information content (AvgIpc) is 2.83. The lowest BCUT2D eigenvalue weighted by atomic mass is 10.1. The van der Waals surface area contributed by atoms with Crippen LogP contribution in [0.4, 0.5) is 0 Å². The number of aryl methyl sites for hydroxylation is 2. The lowest BCUT2D eigenvalue weighted by Gasteiger charge is -1.99. The maximum atomic E-state index is 6.23. The third-order valence-corrected chi connectivity index (χ3v) is 3.38. The number of nitrogens with zero attached hydrogens (tertiary/aromatic N) is 3. The van der Waals surface area contributed by atoms with Gasteiger partial charge in [0.1, 0.15) is 5.15 Å². The van der Waals surface area contributed by atoms with Crippen LogP contribution < -0.4 is 0 Å². The summed E-state index contributed by atoms with van der Waals surface area (Å²) in [4.78, 5) is 4.54. The minimum atomic E-state index is 0.598. The van der Waals surface area contributed by atoms with E-state index in [1.54, 1.807) is 4.52 Å². The molecule has 4 heteroatoms. The molecule has 3 rings (SSSR count).